The number of ether oxygens (including phenoxy) is 2. The van der Waals surface area contributed by atoms with E-state index in [1.54, 1.807) is 12.1 Å². The van der Waals surface area contributed by atoms with Gasteiger partial charge in [0.15, 0.2) is 17.2 Å². The van der Waals surface area contributed by atoms with Crippen LogP contribution in [0.25, 0.3) is 11.3 Å². The lowest BCUT2D eigenvalue weighted by atomic mass is 9.88. The molecule has 3 N–H and O–H groups in total. The molecule has 1 unspecified atom stereocenters. The second-order valence-electron chi connectivity index (χ2n) is 8.59. The highest BCUT2D eigenvalue weighted by atomic mass is 32.2. The molecule has 0 spiro atoms. The predicted molar refractivity (Wildman–Crippen MR) is 138 cm³/mol. The molecule has 2 aromatic heterocycles. The number of rotatable bonds is 6. The number of nitrogens with two attached hydrogens (primary N) is 1. The normalized spacial score (nSPS) is 15.9. The number of aliphatic hydroxyl groups is 1. The summed E-state index contributed by atoms with van der Waals surface area (Å²) in [6.45, 7) is 0.974. The molecule has 0 radical (unpaired) electrons. The lowest BCUT2D eigenvalue weighted by Crippen LogP contribution is -2.33. The van der Waals surface area contributed by atoms with Crippen molar-refractivity contribution in [2.24, 2.45) is 5.14 Å². The molecule has 190 valence electrons. The molecule has 10 heteroatoms. The van der Waals surface area contributed by atoms with E-state index in [9.17, 15) is 13.5 Å². The standard InChI is InChI=1S/C27H24N2O6S2/c28-37(31,32)21-8-6-20(7-9-21)25-24(29-18-35-25)22(19-4-2-1-3-5-19)10-14-34-26-23(11-17-36-26)27(30)12-15-33-16-13-27/h1-9,11,17-18,22,30H,12-13,15-16H2,(H2,28,31,32). The van der Waals surface area contributed by atoms with E-state index >= 15 is 0 Å². The topological polar surface area (TPSA) is 125 Å². The Morgan fingerprint density at radius 1 is 1.08 bits per heavy atom. The van der Waals surface area contributed by atoms with Crippen LogP contribution in [-0.4, -0.2) is 31.7 Å². The largest absolute Gasteiger partial charge is 0.443 e. The summed E-state index contributed by atoms with van der Waals surface area (Å²) < 4.78 is 40.2. The van der Waals surface area contributed by atoms with Gasteiger partial charge in [0.2, 0.25) is 10.0 Å². The van der Waals surface area contributed by atoms with E-state index in [-0.39, 0.29) is 4.90 Å². The van der Waals surface area contributed by atoms with E-state index in [1.165, 1.54) is 29.9 Å². The molecule has 0 bridgehead atoms. The average molecular weight is 537 g/mol. The molecule has 1 saturated heterocycles. The van der Waals surface area contributed by atoms with Crippen molar-refractivity contribution in [3.05, 3.63) is 89.3 Å². The van der Waals surface area contributed by atoms with Crippen molar-refractivity contribution < 1.29 is 27.4 Å². The zero-order valence-electron chi connectivity index (χ0n) is 19.7. The Hall–Kier alpha value is -3.46. The molecule has 0 aliphatic carbocycles. The third-order valence-electron chi connectivity index (χ3n) is 6.24. The summed E-state index contributed by atoms with van der Waals surface area (Å²) in [5, 5.41) is 18.8. The fraction of sp³-hybridized carbons (Fsp3) is 0.222. The van der Waals surface area contributed by atoms with E-state index in [4.69, 9.17) is 19.0 Å². The first-order chi connectivity index (χ1) is 17.9. The smallest absolute Gasteiger partial charge is 0.238 e. The first-order valence-corrected chi connectivity index (χ1v) is 13.9. The fourth-order valence-electron chi connectivity index (χ4n) is 4.26. The molecular formula is C27H24N2O6S2. The molecule has 37 heavy (non-hydrogen) atoms. The maximum Gasteiger partial charge on any atom is 0.238 e. The van der Waals surface area contributed by atoms with Gasteiger partial charge in [0.1, 0.15) is 11.8 Å². The summed E-state index contributed by atoms with van der Waals surface area (Å²) in [5.74, 6) is 3.11. The number of sulfonamides is 1. The van der Waals surface area contributed by atoms with Crippen LogP contribution in [-0.2, 0) is 20.4 Å². The second-order valence-corrected chi connectivity index (χ2v) is 11.0. The molecule has 3 heterocycles. The molecule has 1 aliphatic rings. The third kappa shape index (κ3) is 5.46. The van der Waals surface area contributed by atoms with E-state index in [1.807, 2.05) is 41.8 Å². The Balaban J connectivity index is 1.47. The van der Waals surface area contributed by atoms with Gasteiger partial charge < -0.3 is 19.0 Å². The molecule has 0 amide bonds. The average Bonchev–Trinajstić information content (AvgIpc) is 3.58. The van der Waals surface area contributed by atoms with E-state index in [0.717, 1.165) is 5.56 Å². The highest BCUT2D eigenvalue weighted by Crippen LogP contribution is 2.41. The molecule has 5 rings (SSSR count). The zero-order chi connectivity index (χ0) is 25.9. The van der Waals surface area contributed by atoms with Crippen LogP contribution in [0.2, 0.25) is 0 Å². The van der Waals surface area contributed by atoms with Gasteiger partial charge in [-0.25, -0.2) is 18.5 Å². The summed E-state index contributed by atoms with van der Waals surface area (Å²) in [6.07, 6.45) is 5.13. The number of nitrogens with zero attached hydrogens (tertiary/aromatic N) is 1. The maximum atomic E-state index is 11.6. The number of aromatic nitrogens is 1. The number of oxazole rings is 1. The number of hydrogen-bond donors (Lipinski definition) is 2. The summed E-state index contributed by atoms with van der Waals surface area (Å²) in [7, 11) is -3.82. The van der Waals surface area contributed by atoms with Crippen molar-refractivity contribution in [3.63, 3.8) is 0 Å². The quantitative estimate of drug-likeness (QED) is 0.354. The Labute approximate surface area is 218 Å². The number of thiophene rings is 1. The molecule has 2 aromatic carbocycles. The number of primary sulfonamides is 1. The lowest BCUT2D eigenvalue weighted by molar-refractivity contribution is -0.0684. The fourth-order valence-corrected chi connectivity index (χ4v) is 5.58. The van der Waals surface area contributed by atoms with Crippen molar-refractivity contribution in [1.82, 2.24) is 4.98 Å². The minimum Gasteiger partial charge on any atom is -0.443 e. The summed E-state index contributed by atoms with van der Waals surface area (Å²) >= 11 is 1.37. The Kier molecular flexibility index (Phi) is 7.15. The van der Waals surface area contributed by atoms with Crippen molar-refractivity contribution in [3.8, 4) is 28.4 Å². The number of hydrogen-bond acceptors (Lipinski definition) is 8. The van der Waals surface area contributed by atoms with Crippen LogP contribution in [0.4, 0.5) is 0 Å². The van der Waals surface area contributed by atoms with Gasteiger partial charge >= 0.3 is 0 Å². The Bertz CT molecular complexity index is 1530. The van der Waals surface area contributed by atoms with Gasteiger partial charge in [-0.05, 0) is 47.2 Å². The number of benzene rings is 2. The molecule has 4 aromatic rings. The van der Waals surface area contributed by atoms with Gasteiger partial charge in [0.25, 0.3) is 0 Å². The predicted octanol–water partition coefficient (Wildman–Crippen LogP) is 4.22. The molecule has 0 saturated carbocycles. The SMILES string of the molecule is NS(=O)(=O)c1ccc(-c2ocnc2C(C#COc2sccc2C2(O)CCOCC2)c2ccccc2)cc1. The summed E-state index contributed by atoms with van der Waals surface area (Å²) in [5.41, 5.74) is 1.77. The summed E-state index contributed by atoms with van der Waals surface area (Å²) in [4.78, 5) is 4.44. The van der Waals surface area contributed by atoms with Crippen LogP contribution >= 0.6 is 11.3 Å². The molecule has 1 fully saturated rings. The van der Waals surface area contributed by atoms with Gasteiger partial charge in [-0.2, -0.15) is 0 Å². The Morgan fingerprint density at radius 2 is 1.81 bits per heavy atom. The van der Waals surface area contributed by atoms with Crippen LogP contribution in [0, 0.1) is 12.0 Å². The monoisotopic (exact) mass is 536 g/mol. The van der Waals surface area contributed by atoms with E-state index in [0.29, 0.717) is 53.7 Å². The van der Waals surface area contributed by atoms with Crippen LogP contribution in [0.1, 0.15) is 35.6 Å². The molecule has 1 atom stereocenters. The van der Waals surface area contributed by atoms with Crippen molar-refractivity contribution in [2.45, 2.75) is 29.3 Å². The molecule has 8 nitrogen and oxygen atoms in total. The third-order valence-corrected chi connectivity index (χ3v) is 7.96. The van der Waals surface area contributed by atoms with Gasteiger partial charge in [-0.1, -0.05) is 30.3 Å². The second kappa shape index (κ2) is 10.5. The van der Waals surface area contributed by atoms with Crippen molar-refractivity contribution in [1.29, 1.82) is 0 Å². The minimum atomic E-state index is -3.82. The van der Waals surface area contributed by atoms with Crippen LogP contribution in [0.15, 0.2) is 81.8 Å². The highest BCUT2D eigenvalue weighted by Gasteiger charge is 2.35. The highest BCUT2D eigenvalue weighted by molar-refractivity contribution is 7.89. The first-order valence-electron chi connectivity index (χ1n) is 11.5. The first kappa shape index (κ1) is 25.2. The molecule has 1 aliphatic heterocycles. The van der Waals surface area contributed by atoms with E-state index in [2.05, 4.69) is 17.0 Å². The van der Waals surface area contributed by atoms with Crippen molar-refractivity contribution in [2.75, 3.05) is 13.2 Å². The minimum absolute atomic E-state index is 0.00283. The van der Waals surface area contributed by atoms with Crippen LogP contribution < -0.4 is 9.88 Å². The lowest BCUT2D eigenvalue weighted by Gasteiger charge is -2.31. The van der Waals surface area contributed by atoms with Gasteiger partial charge in [0.05, 0.1) is 16.4 Å². The van der Waals surface area contributed by atoms with Gasteiger partial charge in [0, 0.05) is 37.2 Å². The van der Waals surface area contributed by atoms with Crippen LogP contribution in [0.5, 0.6) is 5.06 Å². The van der Waals surface area contributed by atoms with Gasteiger partial charge in [-0.15, -0.1) is 11.3 Å². The maximum absolute atomic E-state index is 11.6. The van der Waals surface area contributed by atoms with Crippen molar-refractivity contribution >= 4 is 21.4 Å². The summed E-state index contributed by atoms with van der Waals surface area (Å²) in [6, 6.07) is 17.5. The van der Waals surface area contributed by atoms with Gasteiger partial charge in [-0.3, -0.25) is 0 Å². The van der Waals surface area contributed by atoms with E-state index < -0.39 is 21.5 Å². The van der Waals surface area contributed by atoms with Crippen LogP contribution in [0.3, 0.4) is 0 Å². The zero-order valence-corrected chi connectivity index (χ0v) is 21.3. The Morgan fingerprint density at radius 3 is 2.51 bits per heavy atom. The molecular weight excluding hydrogens is 512 g/mol.